The summed E-state index contributed by atoms with van der Waals surface area (Å²) < 4.78 is 0. The molecule has 0 amide bonds. The first-order valence-electron chi connectivity index (χ1n) is 7.88. The summed E-state index contributed by atoms with van der Waals surface area (Å²) in [6, 6.07) is 13.3. The molecule has 2 rings (SSSR count). The monoisotopic (exact) mass is 302 g/mol. The fraction of sp³-hybridized carbons (Fsp3) is 0.400. The number of hydrogen-bond donors (Lipinski definition) is 0. The van der Waals surface area contributed by atoms with E-state index < -0.39 is 0 Å². The van der Waals surface area contributed by atoms with E-state index in [2.05, 4.69) is 64.1 Å². The average Bonchev–Trinajstić information content (AvgIpc) is 2.51. The number of hydrogen-bond acceptors (Lipinski definition) is 1. The fourth-order valence-corrected chi connectivity index (χ4v) is 2.94. The van der Waals surface area contributed by atoms with Crippen LogP contribution in [0.2, 0.25) is 0 Å². The highest BCUT2D eigenvalue weighted by molar-refractivity contribution is 7.99. The Labute approximate surface area is 136 Å². The highest BCUT2D eigenvalue weighted by atomic mass is 32.2. The third-order valence-corrected chi connectivity index (χ3v) is 4.23. The lowest BCUT2D eigenvalue weighted by molar-refractivity contribution is 1.22. The van der Waals surface area contributed by atoms with Gasteiger partial charge in [0.05, 0.1) is 0 Å². The zero-order valence-corrected chi connectivity index (χ0v) is 15.7. The SMILES string of the molecule is CC.CC.Cc1ccc(C)c(Sc2cc(C)ccc2C)c1. The molecule has 0 heterocycles. The Morgan fingerprint density at radius 1 is 0.571 bits per heavy atom. The van der Waals surface area contributed by atoms with Gasteiger partial charge in [-0.15, -0.1) is 0 Å². The first-order chi connectivity index (χ1) is 10.1. The molecule has 0 saturated carbocycles. The quantitative estimate of drug-likeness (QED) is 0.569. The van der Waals surface area contributed by atoms with Gasteiger partial charge in [-0.1, -0.05) is 63.7 Å². The lowest BCUT2D eigenvalue weighted by Crippen LogP contribution is -1.85. The van der Waals surface area contributed by atoms with Gasteiger partial charge in [-0.05, 0) is 62.1 Å². The molecule has 0 aromatic heterocycles. The van der Waals surface area contributed by atoms with Crippen molar-refractivity contribution in [1.82, 2.24) is 0 Å². The van der Waals surface area contributed by atoms with E-state index in [1.165, 1.54) is 32.0 Å². The van der Waals surface area contributed by atoms with Crippen LogP contribution < -0.4 is 0 Å². The molecule has 0 saturated heterocycles. The summed E-state index contributed by atoms with van der Waals surface area (Å²) in [6.45, 7) is 16.6. The second-order valence-corrected chi connectivity index (χ2v) is 5.72. The Balaban J connectivity index is 0.000000921. The summed E-state index contributed by atoms with van der Waals surface area (Å²) in [5.74, 6) is 0. The van der Waals surface area contributed by atoms with Crippen molar-refractivity contribution in [3.8, 4) is 0 Å². The number of benzene rings is 2. The molecule has 1 heteroatoms. The molecule has 0 fully saturated rings. The fourth-order valence-electron chi connectivity index (χ4n) is 1.75. The van der Waals surface area contributed by atoms with Crippen LogP contribution in [0.25, 0.3) is 0 Å². The Morgan fingerprint density at radius 3 is 1.24 bits per heavy atom. The molecule has 0 spiro atoms. The van der Waals surface area contributed by atoms with Gasteiger partial charge in [-0.25, -0.2) is 0 Å². The molecule has 2 aromatic rings. The minimum absolute atomic E-state index is 1.32. The van der Waals surface area contributed by atoms with Crippen LogP contribution in [-0.2, 0) is 0 Å². The van der Waals surface area contributed by atoms with Gasteiger partial charge in [-0.3, -0.25) is 0 Å². The van der Waals surface area contributed by atoms with Gasteiger partial charge in [0, 0.05) is 9.79 Å². The van der Waals surface area contributed by atoms with Crippen LogP contribution in [0.3, 0.4) is 0 Å². The summed E-state index contributed by atoms with van der Waals surface area (Å²) >= 11 is 1.87. The Morgan fingerprint density at radius 2 is 0.905 bits per heavy atom. The van der Waals surface area contributed by atoms with Gasteiger partial charge in [-0.2, -0.15) is 0 Å². The predicted molar refractivity (Wildman–Crippen MR) is 98.7 cm³/mol. The van der Waals surface area contributed by atoms with E-state index in [9.17, 15) is 0 Å². The minimum Gasteiger partial charge on any atom is -0.0895 e. The van der Waals surface area contributed by atoms with Gasteiger partial charge in [0.25, 0.3) is 0 Å². The molecule has 0 nitrogen and oxygen atoms in total. The van der Waals surface area contributed by atoms with Crippen LogP contribution in [-0.4, -0.2) is 0 Å². The molecule has 0 bridgehead atoms. The predicted octanol–water partition coefficient (Wildman–Crippen LogP) is 7.12. The maximum atomic E-state index is 2.27. The van der Waals surface area contributed by atoms with Crippen LogP contribution in [0.1, 0.15) is 49.9 Å². The molecule has 0 aliphatic rings. The molecule has 0 aliphatic heterocycles. The summed E-state index contributed by atoms with van der Waals surface area (Å²) in [4.78, 5) is 2.72. The van der Waals surface area contributed by atoms with E-state index in [1.54, 1.807) is 0 Å². The van der Waals surface area contributed by atoms with Crippen molar-refractivity contribution < 1.29 is 0 Å². The number of rotatable bonds is 2. The topological polar surface area (TPSA) is 0 Å². The van der Waals surface area contributed by atoms with Crippen molar-refractivity contribution in [1.29, 1.82) is 0 Å². The van der Waals surface area contributed by atoms with Gasteiger partial charge >= 0.3 is 0 Å². The summed E-state index contributed by atoms with van der Waals surface area (Å²) in [5, 5.41) is 0. The van der Waals surface area contributed by atoms with Crippen LogP contribution in [0.5, 0.6) is 0 Å². The molecule has 21 heavy (non-hydrogen) atoms. The molecule has 0 radical (unpaired) electrons. The van der Waals surface area contributed by atoms with Crippen molar-refractivity contribution in [2.75, 3.05) is 0 Å². The molecular formula is C20H30S. The average molecular weight is 303 g/mol. The van der Waals surface area contributed by atoms with Gasteiger partial charge in [0.1, 0.15) is 0 Å². The largest absolute Gasteiger partial charge is 0.0895 e. The van der Waals surface area contributed by atoms with E-state index in [4.69, 9.17) is 0 Å². The van der Waals surface area contributed by atoms with Crippen molar-refractivity contribution in [3.63, 3.8) is 0 Å². The Kier molecular flexibility index (Phi) is 9.90. The third-order valence-electron chi connectivity index (χ3n) is 2.91. The number of aryl methyl sites for hydroxylation is 4. The van der Waals surface area contributed by atoms with E-state index in [0.717, 1.165) is 0 Å². The van der Waals surface area contributed by atoms with Crippen molar-refractivity contribution in [2.45, 2.75) is 65.2 Å². The van der Waals surface area contributed by atoms with Gasteiger partial charge < -0.3 is 0 Å². The minimum atomic E-state index is 1.32. The second-order valence-electron chi connectivity index (χ2n) is 4.64. The van der Waals surface area contributed by atoms with E-state index in [-0.39, 0.29) is 0 Å². The summed E-state index contributed by atoms with van der Waals surface area (Å²) in [7, 11) is 0. The molecule has 2 aromatic carbocycles. The van der Waals surface area contributed by atoms with Crippen molar-refractivity contribution in [3.05, 3.63) is 58.7 Å². The Bertz CT molecular complexity index is 492. The summed E-state index contributed by atoms with van der Waals surface area (Å²) in [6.07, 6.45) is 0. The zero-order valence-electron chi connectivity index (χ0n) is 14.9. The molecular weight excluding hydrogens is 272 g/mol. The van der Waals surface area contributed by atoms with Crippen molar-refractivity contribution in [2.24, 2.45) is 0 Å². The molecule has 0 N–H and O–H groups in total. The molecule has 116 valence electrons. The van der Waals surface area contributed by atoms with Gasteiger partial charge in [0.2, 0.25) is 0 Å². The highest BCUT2D eigenvalue weighted by Gasteiger charge is 2.04. The zero-order chi connectivity index (χ0) is 16.4. The molecule has 0 unspecified atom stereocenters. The van der Waals surface area contributed by atoms with E-state index >= 15 is 0 Å². The lowest BCUT2D eigenvalue weighted by atomic mass is 10.2. The molecule has 0 atom stereocenters. The lowest BCUT2D eigenvalue weighted by Gasteiger charge is -2.10. The highest BCUT2D eigenvalue weighted by Crippen LogP contribution is 2.33. The smallest absolute Gasteiger partial charge is 0.0154 e. The first kappa shape index (κ1) is 19.8. The van der Waals surface area contributed by atoms with Crippen LogP contribution in [0, 0.1) is 27.7 Å². The molecule has 0 aliphatic carbocycles. The van der Waals surface area contributed by atoms with Crippen LogP contribution in [0.15, 0.2) is 46.2 Å². The summed E-state index contributed by atoms with van der Waals surface area (Å²) in [5.41, 5.74) is 5.34. The first-order valence-corrected chi connectivity index (χ1v) is 8.70. The van der Waals surface area contributed by atoms with Gasteiger partial charge in [0.15, 0.2) is 0 Å². The van der Waals surface area contributed by atoms with Crippen molar-refractivity contribution >= 4 is 11.8 Å². The second kappa shape index (κ2) is 10.5. The van der Waals surface area contributed by atoms with E-state index in [1.807, 2.05) is 39.5 Å². The van der Waals surface area contributed by atoms with Crippen LogP contribution >= 0.6 is 11.8 Å². The Hall–Kier alpha value is -1.21. The maximum absolute atomic E-state index is 2.27. The third kappa shape index (κ3) is 6.39. The maximum Gasteiger partial charge on any atom is 0.0154 e. The van der Waals surface area contributed by atoms with E-state index in [0.29, 0.717) is 0 Å². The standard InChI is InChI=1S/C16H18S.2C2H6/c1-11-5-7-13(3)15(9-11)17-16-10-12(2)6-8-14(16)4;2*1-2/h5-10H,1-4H3;2*1-2H3. The van der Waals surface area contributed by atoms with Crippen LogP contribution in [0.4, 0.5) is 0 Å². The normalized spacial score (nSPS) is 9.14.